The molecule has 2 aromatic rings. The van der Waals surface area contributed by atoms with Gasteiger partial charge < -0.3 is 20.9 Å². The number of rotatable bonds is 6. The summed E-state index contributed by atoms with van der Waals surface area (Å²) in [7, 11) is 4.15. The fraction of sp³-hybridized carbons (Fsp3) is 0.560. The number of anilines is 3. The minimum absolute atomic E-state index is 0.407. The summed E-state index contributed by atoms with van der Waals surface area (Å²) >= 11 is 5.55. The number of aryl methyl sites for hydroxylation is 2. The van der Waals surface area contributed by atoms with E-state index in [1.807, 2.05) is 0 Å². The van der Waals surface area contributed by atoms with Gasteiger partial charge >= 0.3 is 0 Å². The maximum absolute atomic E-state index is 5.55. The van der Waals surface area contributed by atoms with Gasteiger partial charge in [-0.2, -0.15) is 4.98 Å². The summed E-state index contributed by atoms with van der Waals surface area (Å²) in [4.78, 5) is 11.9. The molecule has 1 saturated carbocycles. The van der Waals surface area contributed by atoms with Gasteiger partial charge in [-0.1, -0.05) is 19.1 Å². The molecule has 32 heavy (non-hydrogen) atoms. The molecule has 1 aromatic carbocycles. The Kier molecular flexibility index (Phi) is 7.45. The van der Waals surface area contributed by atoms with Crippen LogP contribution in [0, 0.1) is 0 Å². The van der Waals surface area contributed by atoms with Crippen molar-refractivity contribution in [2.24, 2.45) is 0 Å². The molecule has 0 bridgehead atoms. The van der Waals surface area contributed by atoms with Crippen LogP contribution in [-0.4, -0.2) is 41.3 Å². The first-order valence-corrected chi connectivity index (χ1v) is 12.4. The van der Waals surface area contributed by atoms with Crippen LogP contribution < -0.4 is 20.9 Å². The van der Waals surface area contributed by atoms with E-state index in [0.29, 0.717) is 17.2 Å². The number of benzene rings is 1. The third-order valence-corrected chi connectivity index (χ3v) is 6.82. The fourth-order valence-electron chi connectivity index (χ4n) is 4.75. The second-order valence-electron chi connectivity index (χ2n) is 9.24. The van der Waals surface area contributed by atoms with Gasteiger partial charge in [-0.05, 0) is 87.7 Å². The molecule has 0 aliphatic heterocycles. The van der Waals surface area contributed by atoms with Crippen LogP contribution in [0.3, 0.4) is 0 Å². The summed E-state index contributed by atoms with van der Waals surface area (Å²) in [5, 5.41) is 11.2. The largest absolute Gasteiger partial charge is 0.362 e. The zero-order valence-electron chi connectivity index (χ0n) is 19.6. The molecule has 0 amide bonds. The number of nitrogens with zero attached hydrogens (tertiary/aromatic N) is 3. The Labute approximate surface area is 197 Å². The maximum Gasteiger partial charge on any atom is 0.225 e. The second-order valence-corrected chi connectivity index (χ2v) is 9.65. The number of fused-ring (bicyclic) bond motifs is 1. The first kappa shape index (κ1) is 22.8. The van der Waals surface area contributed by atoms with Gasteiger partial charge in [0.2, 0.25) is 5.95 Å². The van der Waals surface area contributed by atoms with Crippen molar-refractivity contribution in [2.75, 3.05) is 29.6 Å². The van der Waals surface area contributed by atoms with E-state index in [2.05, 4.69) is 66.1 Å². The van der Waals surface area contributed by atoms with Crippen molar-refractivity contribution in [2.45, 2.75) is 76.8 Å². The van der Waals surface area contributed by atoms with Crippen LogP contribution in [0.25, 0.3) is 0 Å². The number of aromatic nitrogens is 2. The van der Waals surface area contributed by atoms with Crippen LogP contribution in [0.2, 0.25) is 0 Å². The average Bonchev–Trinajstić information content (AvgIpc) is 2.80. The van der Waals surface area contributed by atoms with Gasteiger partial charge in [0.05, 0.1) is 5.69 Å². The van der Waals surface area contributed by atoms with Crippen molar-refractivity contribution < 1.29 is 0 Å². The minimum atomic E-state index is 0.407. The van der Waals surface area contributed by atoms with E-state index in [0.717, 1.165) is 62.4 Å². The Morgan fingerprint density at radius 2 is 1.69 bits per heavy atom. The molecule has 2 aliphatic carbocycles. The Hall–Kier alpha value is -2.41. The number of nitrogens with one attached hydrogen (secondary N) is 3. The van der Waals surface area contributed by atoms with E-state index < -0.39 is 0 Å². The Morgan fingerprint density at radius 1 is 1.00 bits per heavy atom. The molecule has 2 aliphatic rings. The van der Waals surface area contributed by atoms with Gasteiger partial charge in [0.25, 0.3) is 0 Å². The SMILES string of the molecule is CCc1ccc(NC(=S)N[C@H]2CC[C@@H](Nc3nc4c(c(N(C)C)n3)CCCC4)CC2)cc1. The lowest BCUT2D eigenvalue weighted by atomic mass is 9.91. The summed E-state index contributed by atoms with van der Waals surface area (Å²) in [6.07, 6.45) is 10.0. The van der Waals surface area contributed by atoms with Crippen LogP contribution in [0.1, 0.15) is 62.3 Å². The zero-order valence-corrected chi connectivity index (χ0v) is 20.4. The molecule has 4 rings (SSSR count). The molecule has 0 saturated heterocycles. The van der Waals surface area contributed by atoms with Crippen LogP contribution in [0.4, 0.5) is 17.5 Å². The zero-order chi connectivity index (χ0) is 22.5. The Bertz CT molecular complexity index is 919. The van der Waals surface area contributed by atoms with Crippen LogP contribution in [-0.2, 0) is 19.3 Å². The fourth-order valence-corrected chi connectivity index (χ4v) is 5.03. The highest BCUT2D eigenvalue weighted by Gasteiger charge is 2.24. The number of thiocarbonyl (C=S) groups is 1. The summed E-state index contributed by atoms with van der Waals surface area (Å²) in [5.74, 6) is 1.87. The molecule has 0 spiro atoms. The molecule has 1 aromatic heterocycles. The molecule has 3 N–H and O–H groups in total. The molecule has 1 heterocycles. The summed E-state index contributed by atoms with van der Waals surface area (Å²) < 4.78 is 0. The maximum atomic E-state index is 5.55. The van der Waals surface area contributed by atoms with E-state index in [9.17, 15) is 0 Å². The molecule has 7 heteroatoms. The van der Waals surface area contributed by atoms with E-state index >= 15 is 0 Å². The van der Waals surface area contributed by atoms with Crippen LogP contribution in [0.15, 0.2) is 24.3 Å². The lowest BCUT2D eigenvalue weighted by molar-refractivity contribution is 0.387. The lowest BCUT2D eigenvalue weighted by Crippen LogP contribution is -2.42. The molecule has 0 atom stereocenters. The lowest BCUT2D eigenvalue weighted by Gasteiger charge is -2.31. The quantitative estimate of drug-likeness (QED) is 0.549. The van der Waals surface area contributed by atoms with Gasteiger partial charge in [-0.25, -0.2) is 4.98 Å². The molecule has 0 radical (unpaired) electrons. The number of hydrogen-bond acceptors (Lipinski definition) is 5. The standard InChI is InChI=1S/C25H36N6S/c1-4-17-9-11-19(12-10-17)27-25(32)28-20-15-13-18(14-16-20)26-24-29-22-8-6-5-7-21(22)23(30-24)31(2)3/h9-12,18,20H,4-8,13-16H2,1-3H3,(H,26,29,30)(H2,27,28,32)/t18-,20+. The van der Waals surface area contributed by atoms with E-state index in [1.54, 1.807) is 0 Å². The highest BCUT2D eigenvalue weighted by Crippen LogP contribution is 2.29. The predicted octanol–water partition coefficient (Wildman–Crippen LogP) is 4.69. The van der Waals surface area contributed by atoms with E-state index in [-0.39, 0.29) is 0 Å². The number of hydrogen-bond donors (Lipinski definition) is 3. The van der Waals surface area contributed by atoms with Crippen molar-refractivity contribution in [1.82, 2.24) is 15.3 Å². The highest BCUT2D eigenvalue weighted by molar-refractivity contribution is 7.80. The normalized spacial score (nSPS) is 20.2. The Balaban J connectivity index is 1.28. The van der Waals surface area contributed by atoms with Gasteiger partial charge in [-0.15, -0.1) is 0 Å². The minimum Gasteiger partial charge on any atom is -0.362 e. The molecule has 0 unspecified atom stereocenters. The van der Waals surface area contributed by atoms with E-state index in [4.69, 9.17) is 22.2 Å². The molecule has 1 fully saturated rings. The highest BCUT2D eigenvalue weighted by atomic mass is 32.1. The van der Waals surface area contributed by atoms with Crippen molar-refractivity contribution in [1.29, 1.82) is 0 Å². The summed E-state index contributed by atoms with van der Waals surface area (Å²) in [5.41, 5.74) is 4.94. The van der Waals surface area contributed by atoms with Crippen molar-refractivity contribution >= 4 is 34.8 Å². The van der Waals surface area contributed by atoms with Crippen molar-refractivity contribution in [3.8, 4) is 0 Å². The third kappa shape index (κ3) is 5.68. The van der Waals surface area contributed by atoms with E-state index in [1.165, 1.54) is 29.7 Å². The van der Waals surface area contributed by atoms with Gasteiger partial charge in [0, 0.05) is 37.4 Å². The molecular weight excluding hydrogens is 416 g/mol. The first-order chi connectivity index (χ1) is 15.5. The Morgan fingerprint density at radius 3 is 2.38 bits per heavy atom. The smallest absolute Gasteiger partial charge is 0.225 e. The van der Waals surface area contributed by atoms with Crippen molar-refractivity contribution in [3.05, 3.63) is 41.1 Å². The molecular formula is C25H36N6S. The molecule has 6 nitrogen and oxygen atoms in total. The van der Waals surface area contributed by atoms with Gasteiger partial charge in [-0.3, -0.25) is 0 Å². The van der Waals surface area contributed by atoms with Crippen LogP contribution in [0.5, 0.6) is 0 Å². The molecule has 172 valence electrons. The second kappa shape index (κ2) is 10.5. The summed E-state index contributed by atoms with van der Waals surface area (Å²) in [6, 6.07) is 9.29. The first-order valence-electron chi connectivity index (χ1n) is 12.0. The topological polar surface area (TPSA) is 65.1 Å². The van der Waals surface area contributed by atoms with Gasteiger partial charge in [0.15, 0.2) is 5.11 Å². The summed E-state index contributed by atoms with van der Waals surface area (Å²) in [6.45, 7) is 2.17. The average molecular weight is 453 g/mol. The van der Waals surface area contributed by atoms with Gasteiger partial charge in [0.1, 0.15) is 5.82 Å². The predicted molar refractivity (Wildman–Crippen MR) is 138 cm³/mol. The van der Waals surface area contributed by atoms with Crippen LogP contribution >= 0.6 is 12.2 Å². The monoisotopic (exact) mass is 452 g/mol. The van der Waals surface area contributed by atoms with Crippen molar-refractivity contribution in [3.63, 3.8) is 0 Å². The third-order valence-electron chi connectivity index (χ3n) is 6.60.